The molecule has 114 valence electrons. The number of methoxy groups -OCH3 is 1. The summed E-state index contributed by atoms with van der Waals surface area (Å²) in [5.74, 6) is -1.65. The van der Waals surface area contributed by atoms with Crippen LogP contribution in [-0.4, -0.2) is 17.1 Å². The zero-order valence-corrected chi connectivity index (χ0v) is 11.9. The Kier molecular flexibility index (Phi) is 3.73. The van der Waals surface area contributed by atoms with Crippen LogP contribution in [0.2, 0.25) is 0 Å². The van der Waals surface area contributed by atoms with Crippen molar-refractivity contribution in [2.24, 2.45) is 0 Å². The minimum atomic E-state index is -0.855. The van der Waals surface area contributed by atoms with Crippen molar-refractivity contribution >= 4 is 11.0 Å². The molecule has 0 fully saturated rings. The number of halogens is 2. The lowest BCUT2D eigenvalue weighted by atomic mass is 10.2. The lowest BCUT2D eigenvalue weighted by Crippen LogP contribution is -1.96. The molecule has 1 heterocycles. The normalized spacial score (nSPS) is 10.3. The van der Waals surface area contributed by atoms with Gasteiger partial charge in [0.1, 0.15) is 23.2 Å². The molecule has 23 heavy (non-hydrogen) atoms. The fourth-order valence-electron chi connectivity index (χ4n) is 1.99. The maximum absolute atomic E-state index is 13.8. The Bertz CT molecular complexity index is 938. The standard InChI is InChI=1S/C16H9F2N3O2/c1-22-15-8-20-13-5-2-9(6-14(13)21-15)23-16-10(7-19)11(17)3-4-12(16)18/h2-6,8H,1H3. The zero-order chi connectivity index (χ0) is 16.4. The number of nitrogens with zero attached hydrogens (tertiary/aromatic N) is 3. The van der Waals surface area contributed by atoms with Gasteiger partial charge in [-0.2, -0.15) is 5.26 Å². The van der Waals surface area contributed by atoms with Crippen LogP contribution >= 0.6 is 0 Å². The van der Waals surface area contributed by atoms with Crippen molar-refractivity contribution in [3.05, 3.63) is 53.7 Å². The molecule has 0 radical (unpaired) electrons. The summed E-state index contributed by atoms with van der Waals surface area (Å²) >= 11 is 0. The second-order valence-electron chi connectivity index (χ2n) is 4.51. The van der Waals surface area contributed by atoms with Gasteiger partial charge in [-0.1, -0.05) is 0 Å². The number of hydrogen-bond acceptors (Lipinski definition) is 5. The molecule has 3 rings (SSSR count). The molecule has 0 bridgehead atoms. The Hall–Kier alpha value is -3.27. The molecule has 0 saturated carbocycles. The smallest absolute Gasteiger partial charge is 0.232 e. The lowest BCUT2D eigenvalue weighted by Gasteiger charge is -2.09. The number of nitriles is 1. The number of benzene rings is 2. The maximum atomic E-state index is 13.8. The van der Waals surface area contributed by atoms with Gasteiger partial charge < -0.3 is 9.47 Å². The summed E-state index contributed by atoms with van der Waals surface area (Å²) in [5, 5.41) is 8.97. The monoisotopic (exact) mass is 313 g/mol. The van der Waals surface area contributed by atoms with E-state index in [1.54, 1.807) is 12.1 Å². The molecule has 0 aliphatic rings. The van der Waals surface area contributed by atoms with E-state index in [-0.39, 0.29) is 5.75 Å². The molecule has 5 nitrogen and oxygen atoms in total. The van der Waals surface area contributed by atoms with Crippen LogP contribution in [0, 0.1) is 23.0 Å². The van der Waals surface area contributed by atoms with Crippen LogP contribution in [-0.2, 0) is 0 Å². The van der Waals surface area contributed by atoms with Crippen molar-refractivity contribution in [1.29, 1.82) is 5.26 Å². The van der Waals surface area contributed by atoms with E-state index < -0.39 is 22.9 Å². The highest BCUT2D eigenvalue weighted by Gasteiger charge is 2.16. The van der Waals surface area contributed by atoms with Crippen LogP contribution in [0.25, 0.3) is 11.0 Å². The molecular weight excluding hydrogens is 304 g/mol. The molecule has 0 spiro atoms. The molecule has 0 atom stereocenters. The molecule has 0 saturated heterocycles. The van der Waals surface area contributed by atoms with Crippen LogP contribution in [0.3, 0.4) is 0 Å². The average Bonchev–Trinajstić information content (AvgIpc) is 2.57. The van der Waals surface area contributed by atoms with Gasteiger partial charge in [0.25, 0.3) is 0 Å². The van der Waals surface area contributed by atoms with Gasteiger partial charge in [-0.3, -0.25) is 0 Å². The summed E-state index contributed by atoms with van der Waals surface area (Å²) in [6.45, 7) is 0. The third-order valence-electron chi connectivity index (χ3n) is 3.09. The Morgan fingerprint density at radius 3 is 2.61 bits per heavy atom. The predicted octanol–water partition coefficient (Wildman–Crippen LogP) is 3.58. The van der Waals surface area contributed by atoms with E-state index >= 15 is 0 Å². The fourth-order valence-corrected chi connectivity index (χ4v) is 1.99. The van der Waals surface area contributed by atoms with Crippen molar-refractivity contribution in [2.45, 2.75) is 0 Å². The SMILES string of the molecule is COc1cnc2ccc(Oc3c(F)ccc(F)c3C#N)cc2n1. The van der Waals surface area contributed by atoms with Crippen LogP contribution < -0.4 is 9.47 Å². The number of ether oxygens (including phenoxy) is 2. The molecule has 7 heteroatoms. The van der Waals surface area contributed by atoms with Crippen molar-refractivity contribution < 1.29 is 18.3 Å². The minimum absolute atomic E-state index is 0.195. The second-order valence-corrected chi connectivity index (χ2v) is 4.51. The third-order valence-corrected chi connectivity index (χ3v) is 3.09. The first kappa shape index (κ1) is 14.7. The molecule has 0 amide bonds. The number of fused-ring (bicyclic) bond motifs is 1. The predicted molar refractivity (Wildman–Crippen MR) is 77.2 cm³/mol. The van der Waals surface area contributed by atoms with Crippen LogP contribution in [0.5, 0.6) is 17.4 Å². The van der Waals surface area contributed by atoms with E-state index in [1.165, 1.54) is 25.4 Å². The highest BCUT2D eigenvalue weighted by molar-refractivity contribution is 5.76. The molecule has 3 aromatic rings. The average molecular weight is 313 g/mol. The van der Waals surface area contributed by atoms with Gasteiger partial charge in [0.15, 0.2) is 11.6 Å². The maximum Gasteiger partial charge on any atom is 0.232 e. The van der Waals surface area contributed by atoms with Gasteiger partial charge in [0.2, 0.25) is 5.88 Å². The molecule has 2 aromatic carbocycles. The summed E-state index contributed by atoms with van der Waals surface area (Å²) in [6.07, 6.45) is 1.46. The highest BCUT2D eigenvalue weighted by atomic mass is 19.1. The number of aromatic nitrogens is 2. The highest BCUT2D eigenvalue weighted by Crippen LogP contribution is 2.31. The van der Waals surface area contributed by atoms with E-state index in [2.05, 4.69) is 9.97 Å². The summed E-state index contributed by atoms with van der Waals surface area (Å²) in [6, 6.07) is 7.99. The molecule has 0 aliphatic carbocycles. The summed E-state index contributed by atoms with van der Waals surface area (Å²) in [4.78, 5) is 8.32. The molecule has 1 aromatic heterocycles. The zero-order valence-electron chi connectivity index (χ0n) is 11.9. The van der Waals surface area contributed by atoms with E-state index in [0.717, 1.165) is 12.1 Å². The summed E-state index contributed by atoms with van der Waals surface area (Å²) < 4.78 is 37.8. The van der Waals surface area contributed by atoms with Crippen molar-refractivity contribution in [3.8, 4) is 23.4 Å². The van der Waals surface area contributed by atoms with Crippen molar-refractivity contribution in [1.82, 2.24) is 9.97 Å². The van der Waals surface area contributed by atoms with Crippen LogP contribution in [0.1, 0.15) is 5.56 Å². The Morgan fingerprint density at radius 1 is 1.09 bits per heavy atom. The van der Waals surface area contributed by atoms with Gasteiger partial charge in [0.05, 0.1) is 24.3 Å². The Morgan fingerprint density at radius 2 is 1.87 bits per heavy atom. The topological polar surface area (TPSA) is 68.0 Å². The minimum Gasteiger partial charge on any atom is -0.480 e. The number of hydrogen-bond donors (Lipinski definition) is 0. The van der Waals surface area contributed by atoms with Gasteiger partial charge in [0, 0.05) is 6.07 Å². The Labute approximate surface area is 129 Å². The number of rotatable bonds is 3. The van der Waals surface area contributed by atoms with Crippen LogP contribution in [0.15, 0.2) is 36.5 Å². The molecule has 0 aliphatic heterocycles. The van der Waals surface area contributed by atoms with E-state index in [1.807, 2.05) is 0 Å². The first-order valence-electron chi connectivity index (χ1n) is 6.49. The van der Waals surface area contributed by atoms with Gasteiger partial charge in [-0.05, 0) is 24.3 Å². The van der Waals surface area contributed by atoms with E-state index in [9.17, 15) is 8.78 Å². The largest absolute Gasteiger partial charge is 0.480 e. The molecule has 0 unspecified atom stereocenters. The fraction of sp³-hybridized carbons (Fsp3) is 0.0625. The van der Waals surface area contributed by atoms with Gasteiger partial charge >= 0.3 is 0 Å². The summed E-state index contributed by atoms with van der Waals surface area (Å²) in [5.41, 5.74) is 0.539. The first-order chi connectivity index (χ1) is 11.1. The van der Waals surface area contributed by atoms with E-state index in [0.29, 0.717) is 16.9 Å². The molecular formula is C16H9F2N3O2. The first-order valence-corrected chi connectivity index (χ1v) is 6.49. The second kappa shape index (κ2) is 5.85. The lowest BCUT2D eigenvalue weighted by molar-refractivity contribution is 0.397. The molecule has 0 N–H and O–H groups in total. The third kappa shape index (κ3) is 2.74. The van der Waals surface area contributed by atoms with Crippen molar-refractivity contribution in [3.63, 3.8) is 0 Å². The summed E-state index contributed by atoms with van der Waals surface area (Å²) in [7, 11) is 1.46. The quantitative estimate of drug-likeness (QED) is 0.739. The van der Waals surface area contributed by atoms with Crippen LogP contribution in [0.4, 0.5) is 8.78 Å². The van der Waals surface area contributed by atoms with E-state index in [4.69, 9.17) is 14.7 Å². The van der Waals surface area contributed by atoms with Gasteiger partial charge in [-0.15, -0.1) is 0 Å². The van der Waals surface area contributed by atoms with Crippen molar-refractivity contribution in [2.75, 3.05) is 7.11 Å². The Balaban J connectivity index is 2.06. The van der Waals surface area contributed by atoms with Gasteiger partial charge in [-0.25, -0.2) is 18.7 Å².